The van der Waals surface area contributed by atoms with E-state index in [1.54, 1.807) is 0 Å². The van der Waals surface area contributed by atoms with Gasteiger partial charge in [0.15, 0.2) is 47.1 Å². The lowest BCUT2D eigenvalue weighted by molar-refractivity contribution is -0.661. The highest BCUT2D eigenvalue weighted by Crippen LogP contribution is 2.47. The Morgan fingerprint density at radius 1 is 0.274 bits per heavy atom. The third kappa shape index (κ3) is 16.4. The molecule has 6 aliphatic rings. The molecule has 12 heteroatoms. The molecule has 0 unspecified atom stereocenters. The summed E-state index contributed by atoms with van der Waals surface area (Å²) in [5, 5.41) is 9.06. The summed E-state index contributed by atoms with van der Waals surface area (Å²) in [6, 6.07) is 53.6. The predicted molar refractivity (Wildman–Crippen MR) is 505 cm³/mol. The Balaban J connectivity index is 0.000000108. The van der Waals surface area contributed by atoms with Crippen molar-refractivity contribution in [2.75, 3.05) is 0 Å². The summed E-state index contributed by atoms with van der Waals surface area (Å²) < 4.78 is 35.0. The number of fused-ring (bicyclic) bond motifs is 12. The van der Waals surface area contributed by atoms with Crippen molar-refractivity contribution >= 4 is 88.3 Å². The van der Waals surface area contributed by atoms with Crippen LogP contribution in [0.2, 0.25) is 0 Å². The van der Waals surface area contributed by atoms with Crippen molar-refractivity contribution in [2.24, 2.45) is 33.6 Å². The van der Waals surface area contributed by atoms with Crippen LogP contribution in [-0.2, 0) is 40.0 Å². The quantitative estimate of drug-likeness (QED) is 0.117. The van der Waals surface area contributed by atoms with Crippen LogP contribution in [0.25, 0.3) is 133 Å². The highest BCUT2D eigenvalue weighted by molar-refractivity contribution is 6.12. The zero-order valence-corrected chi connectivity index (χ0v) is 76.2. The van der Waals surface area contributed by atoms with Gasteiger partial charge in [-0.05, 0) is 235 Å². The van der Waals surface area contributed by atoms with Crippen LogP contribution < -0.4 is 18.3 Å². The minimum Gasteiger partial charge on any atom is -0.437 e. The van der Waals surface area contributed by atoms with Gasteiger partial charge < -0.3 is 17.7 Å². The van der Waals surface area contributed by atoms with Crippen molar-refractivity contribution in [3.63, 3.8) is 0 Å². The van der Waals surface area contributed by atoms with Crippen LogP contribution in [0.1, 0.15) is 305 Å². The van der Waals surface area contributed by atoms with Gasteiger partial charge in [0.2, 0.25) is 45.6 Å². The Labute approximate surface area is 733 Å². The van der Waals surface area contributed by atoms with Crippen LogP contribution in [0.15, 0.2) is 188 Å². The SMILES string of the molecule is Cc1ccc2c(oc3nc(C(C)(C)C)ccc32)c1-c1ccc(C2CCCC2)c[n+]1C.Cc1ccc2c(oc3nc(C4CCCC4)ccc32)c1-c1ccc(C2CCCC2)c[n+]1C.Cc1ccc2c(oc3nc(C4CCCCC4)ccc32)c1-c1ccc(C2CCCC2)c[n+]1C.Cc1ccc2c(oc3nc(CC(C)(C)C)ccc32)c1-c1ccc(C2CCCC2)c[n+]1C. The Morgan fingerprint density at radius 3 is 0.823 bits per heavy atom. The van der Waals surface area contributed by atoms with E-state index in [0.717, 1.165) is 107 Å². The standard InChI is InChI=1S/C29H33N2O.C28H31N2O.C28H33N2O.C27H31N2O/c1-19-12-14-23-24-15-16-25(21-10-4-3-5-11-21)30-29(24)32-28(23)27(19)26-17-13-22(18-31(26)2)20-8-6-7-9-20;1-18-11-13-22-23-14-15-24(20-9-5-6-10-20)29-28(23)31-27(22)26(18)25-16-12-21(17-30(25)2)19-7-3-4-8-19;1-18-10-13-22-23-14-12-21(16-28(2,3)4)29-27(23)31-26(22)25(18)24-15-11-20(17-30(24)5)19-8-6-7-9-19;1-17-10-12-20-21-13-15-23(27(2,3)4)28-26(21)30-25(20)24(17)22-14-11-19(16-29(22)5)18-8-6-7-9-18/h12-18,20-21H,3-11H2,1-2H3;11-17,19-20H,3-10H2,1-2H3;10-15,17,19H,6-9,16H2,1-5H3;10-16,18H,6-9H2,1-5H3/q4*+1. The summed E-state index contributed by atoms with van der Waals surface area (Å²) in [6.45, 7) is 22.0. The average Bonchev–Trinajstić information content (AvgIpc) is 1.60. The first-order valence-electron chi connectivity index (χ1n) is 47.3. The van der Waals surface area contributed by atoms with Crippen LogP contribution in [0.3, 0.4) is 0 Å². The molecule has 124 heavy (non-hydrogen) atoms. The number of aromatic nitrogens is 8. The Morgan fingerprint density at radius 2 is 0.532 bits per heavy atom. The van der Waals surface area contributed by atoms with E-state index in [0.29, 0.717) is 23.7 Å². The molecule has 12 nitrogen and oxygen atoms in total. The first-order chi connectivity index (χ1) is 60.0. The van der Waals surface area contributed by atoms with Crippen LogP contribution in [0.5, 0.6) is 0 Å². The van der Waals surface area contributed by atoms with Crippen molar-refractivity contribution in [2.45, 2.75) is 277 Å². The molecule has 0 amide bonds. The minimum absolute atomic E-state index is 0.00553. The summed E-state index contributed by atoms with van der Waals surface area (Å²) in [4.78, 5) is 19.7. The molecule has 12 heterocycles. The average molecular weight is 1650 g/mol. The van der Waals surface area contributed by atoms with Gasteiger partial charge in [-0.3, -0.25) is 0 Å². The smallest absolute Gasteiger partial charge is 0.227 e. The molecule has 6 aliphatic carbocycles. The van der Waals surface area contributed by atoms with E-state index >= 15 is 0 Å². The van der Waals surface area contributed by atoms with Crippen molar-refractivity contribution in [1.82, 2.24) is 19.9 Å². The molecule has 0 bridgehead atoms. The third-order valence-electron chi connectivity index (χ3n) is 29.2. The maximum absolute atomic E-state index is 6.51. The normalized spacial score (nSPS) is 16.8. The van der Waals surface area contributed by atoms with E-state index < -0.39 is 0 Å². The van der Waals surface area contributed by atoms with E-state index in [9.17, 15) is 0 Å². The number of pyridine rings is 8. The molecule has 0 aliphatic heterocycles. The molecule has 4 aromatic carbocycles. The molecule has 0 radical (unpaired) electrons. The highest BCUT2D eigenvalue weighted by atomic mass is 16.4. The fourth-order valence-electron chi connectivity index (χ4n) is 22.3. The molecule has 0 spiro atoms. The van der Waals surface area contributed by atoms with E-state index in [2.05, 4.69) is 286 Å². The maximum atomic E-state index is 6.51. The van der Waals surface area contributed by atoms with Crippen LogP contribution in [-0.4, -0.2) is 19.9 Å². The first-order valence-corrected chi connectivity index (χ1v) is 47.3. The zero-order valence-electron chi connectivity index (χ0n) is 76.2. The van der Waals surface area contributed by atoms with Crippen molar-refractivity contribution in [3.05, 3.63) is 238 Å². The van der Waals surface area contributed by atoms with Crippen molar-refractivity contribution < 1.29 is 35.9 Å². The molecular formula is C112H128N8O4+4. The number of furan rings is 4. The summed E-state index contributed by atoms with van der Waals surface area (Å²) in [6.07, 6.45) is 43.4. The van der Waals surface area contributed by atoms with Crippen LogP contribution >= 0.6 is 0 Å². The van der Waals surface area contributed by atoms with Gasteiger partial charge in [0.25, 0.3) is 0 Å². The largest absolute Gasteiger partial charge is 0.437 e. The van der Waals surface area contributed by atoms with Crippen molar-refractivity contribution in [3.8, 4) is 45.0 Å². The van der Waals surface area contributed by atoms with Gasteiger partial charge in [-0.15, -0.1) is 0 Å². The van der Waals surface area contributed by atoms with Gasteiger partial charge in [-0.1, -0.05) is 174 Å². The number of nitrogens with zero attached hydrogens (tertiary/aromatic N) is 8. The van der Waals surface area contributed by atoms with E-state index in [-0.39, 0.29) is 10.8 Å². The van der Waals surface area contributed by atoms with Gasteiger partial charge >= 0.3 is 0 Å². The Kier molecular flexibility index (Phi) is 22.9. The van der Waals surface area contributed by atoms with E-state index in [4.69, 9.17) is 37.6 Å². The van der Waals surface area contributed by atoms with Gasteiger partial charge in [0.05, 0.1) is 22.3 Å². The summed E-state index contributed by atoms with van der Waals surface area (Å²) in [7, 11) is 8.67. The van der Waals surface area contributed by atoms with Gasteiger partial charge in [0, 0.05) is 130 Å². The Hall–Kier alpha value is -10.7. The molecule has 0 saturated heterocycles. The number of rotatable bonds is 11. The van der Waals surface area contributed by atoms with E-state index in [1.807, 2.05) is 0 Å². The van der Waals surface area contributed by atoms with Crippen molar-refractivity contribution in [1.29, 1.82) is 0 Å². The lowest BCUT2D eigenvalue weighted by Gasteiger charge is -2.20. The zero-order chi connectivity index (χ0) is 85.4. The monoisotopic (exact) mass is 1650 g/mol. The predicted octanol–water partition coefficient (Wildman–Crippen LogP) is 28.3. The lowest BCUT2D eigenvalue weighted by atomic mass is 9.86. The molecule has 22 rings (SSSR count). The molecule has 6 saturated carbocycles. The second-order valence-electron chi connectivity index (χ2n) is 40.4. The summed E-state index contributed by atoms with van der Waals surface area (Å²) in [5.41, 5.74) is 32.0. The number of benzene rings is 4. The van der Waals surface area contributed by atoms with Gasteiger partial charge in [-0.2, -0.15) is 0 Å². The van der Waals surface area contributed by atoms with Gasteiger partial charge in [0.1, 0.15) is 28.2 Å². The third-order valence-corrected chi connectivity index (χ3v) is 29.2. The number of hydrogen-bond donors (Lipinski definition) is 0. The molecule has 12 aromatic heterocycles. The van der Waals surface area contributed by atoms with Crippen LogP contribution in [0.4, 0.5) is 0 Å². The minimum atomic E-state index is -0.00553. The fraction of sp³-hybridized carbons (Fsp3) is 0.429. The second-order valence-corrected chi connectivity index (χ2v) is 40.4. The fourth-order valence-corrected chi connectivity index (χ4v) is 22.3. The summed E-state index contributed by atoms with van der Waals surface area (Å²) >= 11 is 0. The topological polar surface area (TPSA) is 120 Å². The van der Waals surface area contributed by atoms with E-state index in [1.165, 1.54) is 272 Å². The highest BCUT2D eigenvalue weighted by Gasteiger charge is 2.33. The molecule has 636 valence electrons. The molecule has 6 fully saturated rings. The molecule has 0 N–H and O–H groups in total. The number of aryl methyl sites for hydroxylation is 8. The summed E-state index contributed by atoms with van der Waals surface area (Å²) in [5.74, 6) is 4.06. The van der Waals surface area contributed by atoms with Crippen LogP contribution in [0, 0.1) is 33.1 Å². The molecule has 0 atom stereocenters. The second kappa shape index (κ2) is 34.3. The number of hydrogen-bond acceptors (Lipinski definition) is 8. The Bertz CT molecular complexity index is 6700. The maximum Gasteiger partial charge on any atom is 0.227 e. The molecule has 16 aromatic rings. The lowest BCUT2D eigenvalue weighted by Crippen LogP contribution is -2.31. The van der Waals surface area contributed by atoms with Gasteiger partial charge in [-0.25, -0.2) is 38.2 Å². The first kappa shape index (κ1) is 82.9. The molecular weight excluding hydrogens is 1520 g/mol.